The number of nitrogens with zero attached hydrogens (tertiary/aromatic N) is 2. The van der Waals surface area contributed by atoms with Crippen molar-refractivity contribution < 1.29 is 0 Å². The lowest BCUT2D eigenvalue weighted by atomic mass is 9.35. The second-order valence-electron chi connectivity index (χ2n) is 17.4. The van der Waals surface area contributed by atoms with Crippen molar-refractivity contribution in [3.63, 3.8) is 0 Å². The van der Waals surface area contributed by atoms with Gasteiger partial charge in [-0.25, -0.2) is 0 Å². The van der Waals surface area contributed by atoms with E-state index in [-0.39, 0.29) is 0 Å². The molecule has 5 fully saturated rings. The molecule has 0 radical (unpaired) electrons. The minimum atomic E-state index is 0.369. The Labute approximate surface area is 260 Å². The largest absolute Gasteiger partial charge is 0.318 e. The molecule has 1 N–H and O–H groups in total. The highest BCUT2D eigenvalue weighted by atomic mass is 15.2. The van der Waals surface area contributed by atoms with E-state index in [1.807, 2.05) is 0 Å². The highest BCUT2D eigenvalue weighted by Gasteiger charge is 2.66. The van der Waals surface area contributed by atoms with E-state index in [4.69, 9.17) is 0 Å². The molecule has 0 aliphatic heterocycles. The third-order valence-corrected chi connectivity index (χ3v) is 15.1. The molecule has 5 aliphatic rings. The molecule has 0 spiro atoms. The summed E-state index contributed by atoms with van der Waals surface area (Å²) >= 11 is 0. The Balaban J connectivity index is 1.25. The molecule has 236 valence electrons. The van der Waals surface area contributed by atoms with Crippen molar-refractivity contribution in [2.24, 2.45) is 45.8 Å². The average molecular weight is 576 g/mol. The van der Waals surface area contributed by atoms with Crippen LogP contribution in [0.15, 0.2) is 24.3 Å². The van der Waals surface area contributed by atoms with Crippen molar-refractivity contribution in [3.05, 3.63) is 35.4 Å². The zero-order valence-electron chi connectivity index (χ0n) is 28.8. The highest BCUT2D eigenvalue weighted by Crippen LogP contribution is 2.73. The predicted octanol–water partition coefficient (Wildman–Crippen LogP) is 8.38. The monoisotopic (exact) mass is 576 g/mol. The quantitative estimate of drug-likeness (QED) is 0.336. The molecule has 1 aromatic rings. The topological polar surface area (TPSA) is 18.5 Å². The molecular formula is C39H65N3. The van der Waals surface area contributed by atoms with E-state index in [0.29, 0.717) is 27.7 Å². The van der Waals surface area contributed by atoms with Gasteiger partial charge in [-0.05, 0) is 150 Å². The van der Waals surface area contributed by atoms with Gasteiger partial charge in [-0.2, -0.15) is 0 Å². The number of nitrogens with one attached hydrogen (secondary N) is 1. The van der Waals surface area contributed by atoms with Gasteiger partial charge in [-0.3, -0.25) is 4.90 Å². The lowest BCUT2D eigenvalue weighted by molar-refractivity contribution is -0.201. The van der Waals surface area contributed by atoms with Crippen LogP contribution in [0.25, 0.3) is 0 Å². The van der Waals surface area contributed by atoms with Crippen molar-refractivity contribution in [2.45, 2.75) is 117 Å². The predicted molar refractivity (Wildman–Crippen MR) is 179 cm³/mol. The lowest BCUT2D eigenvalue weighted by Crippen LogP contribution is -2.65. The molecule has 0 heterocycles. The van der Waals surface area contributed by atoms with Crippen LogP contribution in [-0.2, 0) is 0 Å². The van der Waals surface area contributed by atoms with Gasteiger partial charge in [0.2, 0.25) is 0 Å². The Bertz CT molecular complexity index is 1080. The summed E-state index contributed by atoms with van der Waals surface area (Å²) in [7, 11) is 6.65. The molecule has 42 heavy (non-hydrogen) atoms. The minimum Gasteiger partial charge on any atom is -0.318 e. The molecule has 0 saturated heterocycles. The maximum absolute atomic E-state index is 3.50. The Morgan fingerprint density at radius 2 is 1.48 bits per heavy atom. The van der Waals surface area contributed by atoms with Crippen LogP contribution in [0.3, 0.4) is 0 Å². The molecule has 9 atom stereocenters. The minimum absolute atomic E-state index is 0.369. The van der Waals surface area contributed by atoms with Crippen LogP contribution in [0.1, 0.15) is 115 Å². The van der Waals surface area contributed by atoms with E-state index in [2.05, 4.69) is 95.1 Å². The van der Waals surface area contributed by atoms with Crippen molar-refractivity contribution in [2.75, 3.05) is 47.3 Å². The fraction of sp³-hybridized carbons (Fsp3) is 0.846. The van der Waals surface area contributed by atoms with Crippen molar-refractivity contribution in [1.29, 1.82) is 0 Å². The van der Waals surface area contributed by atoms with Crippen LogP contribution in [0, 0.1) is 52.8 Å². The molecule has 4 unspecified atom stereocenters. The third-order valence-electron chi connectivity index (χ3n) is 15.1. The Morgan fingerprint density at radius 1 is 0.738 bits per heavy atom. The number of benzene rings is 1. The highest BCUT2D eigenvalue weighted by molar-refractivity contribution is 5.28. The van der Waals surface area contributed by atoms with Gasteiger partial charge < -0.3 is 10.2 Å². The van der Waals surface area contributed by atoms with Crippen molar-refractivity contribution in [1.82, 2.24) is 15.1 Å². The van der Waals surface area contributed by atoms with Crippen LogP contribution in [0.4, 0.5) is 0 Å². The number of fused-ring (bicyclic) bond motifs is 7. The number of likely N-dealkylation sites (N-methyl/N-ethyl adjacent to an activating group) is 2. The smallest absolute Gasteiger partial charge is 0.0241 e. The van der Waals surface area contributed by atoms with E-state index in [9.17, 15) is 0 Å². The molecule has 0 amide bonds. The molecule has 0 aromatic heterocycles. The van der Waals surface area contributed by atoms with Gasteiger partial charge in [0.1, 0.15) is 0 Å². The number of hydrogen-bond acceptors (Lipinski definition) is 3. The molecule has 3 nitrogen and oxygen atoms in total. The normalized spacial score (nSPS) is 42.6. The van der Waals surface area contributed by atoms with E-state index >= 15 is 0 Å². The standard InChI is InChI=1S/C39H65N3/c1-28-11-13-29(14-12-28)31-17-21-38(5)34(36(31,2)3)19-22-37(4)32-18-23-39(42(25-24-40-6)27-26-41(7)8)20-9-10-33(39)30(32)15-16-35(37)38/h11-14,30-35,40H,9-10,15-27H2,1-8H3/t30-,31+,32?,33?,34?,35?,37-,38-,39-/m0/s1. The second-order valence-corrected chi connectivity index (χ2v) is 17.4. The SMILES string of the molecule is CNCCN(CCN(C)C)[C@]12CCCC1[C@H]1CCC3[C@@](C)(CCC4C(C)(C)[C@@H](c5ccc(C)cc5)CC[C@@]43C)C1CC2. The molecule has 3 heteroatoms. The van der Waals surface area contributed by atoms with Gasteiger partial charge in [0.05, 0.1) is 0 Å². The summed E-state index contributed by atoms with van der Waals surface area (Å²) in [5.41, 5.74) is 4.86. The van der Waals surface area contributed by atoms with Gasteiger partial charge in [-0.1, -0.05) is 63.9 Å². The Kier molecular flexibility index (Phi) is 8.49. The first kappa shape index (κ1) is 31.1. The Morgan fingerprint density at radius 3 is 2.19 bits per heavy atom. The zero-order valence-corrected chi connectivity index (χ0v) is 28.8. The summed E-state index contributed by atoms with van der Waals surface area (Å²) in [5.74, 6) is 5.28. The lowest BCUT2D eigenvalue weighted by Gasteiger charge is -2.70. The Hall–Kier alpha value is -0.900. The maximum Gasteiger partial charge on any atom is 0.0241 e. The first-order valence-corrected chi connectivity index (χ1v) is 18.1. The van der Waals surface area contributed by atoms with E-state index < -0.39 is 0 Å². The zero-order chi connectivity index (χ0) is 29.9. The fourth-order valence-corrected chi connectivity index (χ4v) is 13.3. The summed E-state index contributed by atoms with van der Waals surface area (Å²) < 4.78 is 0. The van der Waals surface area contributed by atoms with Gasteiger partial charge in [0, 0.05) is 31.7 Å². The molecule has 0 bridgehead atoms. The number of aryl methyl sites for hydroxylation is 1. The van der Waals surface area contributed by atoms with E-state index in [1.165, 1.54) is 95.8 Å². The summed E-state index contributed by atoms with van der Waals surface area (Å²) in [6, 6.07) is 9.61. The van der Waals surface area contributed by atoms with Crippen LogP contribution < -0.4 is 5.32 Å². The molecule has 5 aliphatic carbocycles. The van der Waals surface area contributed by atoms with Gasteiger partial charge >= 0.3 is 0 Å². The number of hydrogen-bond donors (Lipinski definition) is 1. The number of rotatable bonds is 8. The van der Waals surface area contributed by atoms with E-state index in [1.54, 1.807) is 5.56 Å². The summed E-state index contributed by atoms with van der Waals surface area (Å²) in [6.07, 6.45) is 16.1. The van der Waals surface area contributed by atoms with E-state index in [0.717, 1.165) is 36.1 Å². The van der Waals surface area contributed by atoms with Gasteiger partial charge in [0.25, 0.3) is 0 Å². The summed E-state index contributed by atoms with van der Waals surface area (Å²) in [4.78, 5) is 5.40. The maximum atomic E-state index is 3.50. The molecule has 5 saturated carbocycles. The second kappa shape index (κ2) is 11.5. The van der Waals surface area contributed by atoms with Gasteiger partial charge in [-0.15, -0.1) is 0 Å². The fourth-order valence-electron chi connectivity index (χ4n) is 13.3. The van der Waals surface area contributed by atoms with Gasteiger partial charge in [0.15, 0.2) is 0 Å². The molecular weight excluding hydrogens is 510 g/mol. The molecule has 1 aromatic carbocycles. The first-order valence-electron chi connectivity index (χ1n) is 18.1. The van der Waals surface area contributed by atoms with Crippen molar-refractivity contribution in [3.8, 4) is 0 Å². The van der Waals surface area contributed by atoms with Crippen LogP contribution >= 0.6 is 0 Å². The van der Waals surface area contributed by atoms with Crippen LogP contribution in [0.2, 0.25) is 0 Å². The van der Waals surface area contributed by atoms with Crippen LogP contribution in [-0.4, -0.2) is 62.7 Å². The average Bonchev–Trinajstić information content (AvgIpc) is 3.39. The summed E-state index contributed by atoms with van der Waals surface area (Å²) in [5, 5.41) is 3.50. The summed E-state index contributed by atoms with van der Waals surface area (Å²) in [6.45, 7) is 17.9. The first-order chi connectivity index (χ1) is 20.0. The van der Waals surface area contributed by atoms with Crippen LogP contribution in [0.5, 0.6) is 0 Å². The molecule has 6 rings (SSSR count). The third kappa shape index (κ3) is 4.86. The van der Waals surface area contributed by atoms with Crippen molar-refractivity contribution >= 4 is 0 Å².